The van der Waals surface area contributed by atoms with Crippen molar-refractivity contribution in [1.29, 1.82) is 0 Å². The maximum atomic E-state index is 13.2. The number of tetrazole rings is 1. The highest BCUT2D eigenvalue weighted by molar-refractivity contribution is 6.30. The Morgan fingerprint density at radius 2 is 1.65 bits per heavy atom. The van der Waals surface area contributed by atoms with Crippen LogP contribution in [0.4, 0.5) is 0 Å². The Kier molecular flexibility index (Phi) is 5.36. The molecule has 1 amide bonds. The fourth-order valence-electron chi connectivity index (χ4n) is 3.98. The van der Waals surface area contributed by atoms with E-state index in [1.165, 1.54) is 0 Å². The molecule has 0 saturated carbocycles. The van der Waals surface area contributed by atoms with Crippen LogP contribution in [0.3, 0.4) is 0 Å². The number of carbonyl (C=O) groups is 1. The van der Waals surface area contributed by atoms with E-state index in [2.05, 4.69) is 20.4 Å². The van der Waals surface area contributed by atoms with Crippen LogP contribution in [0.25, 0.3) is 16.5 Å². The molecule has 0 radical (unpaired) electrons. The van der Waals surface area contributed by atoms with E-state index in [0.717, 1.165) is 40.9 Å². The van der Waals surface area contributed by atoms with Crippen LogP contribution in [0, 0.1) is 0 Å². The highest BCUT2D eigenvalue weighted by atomic mass is 35.5. The van der Waals surface area contributed by atoms with Crippen molar-refractivity contribution in [1.82, 2.24) is 30.0 Å². The summed E-state index contributed by atoms with van der Waals surface area (Å²) in [4.78, 5) is 17.4. The molecule has 0 atom stereocenters. The van der Waals surface area contributed by atoms with Gasteiger partial charge in [-0.3, -0.25) is 9.69 Å². The molecule has 0 N–H and O–H groups in total. The molecule has 1 fully saturated rings. The molecule has 5 rings (SSSR count). The fraction of sp³-hybridized carbons (Fsp3) is 0.217. The van der Waals surface area contributed by atoms with Crippen molar-refractivity contribution in [3.63, 3.8) is 0 Å². The van der Waals surface area contributed by atoms with Crippen molar-refractivity contribution >= 4 is 28.3 Å². The molecular formula is C23H21ClN6O. The maximum absolute atomic E-state index is 13.2. The summed E-state index contributed by atoms with van der Waals surface area (Å²) in [6.45, 7) is 3.50. The lowest BCUT2D eigenvalue weighted by Crippen LogP contribution is -2.48. The van der Waals surface area contributed by atoms with E-state index < -0.39 is 0 Å². The van der Waals surface area contributed by atoms with E-state index in [1.54, 1.807) is 4.68 Å². The van der Waals surface area contributed by atoms with E-state index in [1.807, 2.05) is 71.6 Å². The Bertz CT molecular complexity index is 1210. The zero-order valence-electron chi connectivity index (χ0n) is 16.9. The number of piperazine rings is 1. The molecule has 156 valence electrons. The smallest absolute Gasteiger partial charge is 0.254 e. The molecule has 4 aromatic rings. The first-order valence-electron chi connectivity index (χ1n) is 10.2. The summed E-state index contributed by atoms with van der Waals surface area (Å²) in [5.74, 6) is 0.846. The molecule has 1 aliphatic rings. The van der Waals surface area contributed by atoms with Crippen molar-refractivity contribution in [2.45, 2.75) is 6.54 Å². The molecule has 8 heteroatoms. The maximum Gasteiger partial charge on any atom is 0.254 e. The molecule has 3 aromatic carbocycles. The second kappa shape index (κ2) is 8.45. The van der Waals surface area contributed by atoms with E-state index in [9.17, 15) is 4.79 Å². The molecule has 1 aromatic heterocycles. The topological polar surface area (TPSA) is 67.2 Å². The second-order valence-electron chi connectivity index (χ2n) is 7.58. The van der Waals surface area contributed by atoms with E-state index in [-0.39, 0.29) is 5.91 Å². The number of fused-ring (bicyclic) bond motifs is 1. The summed E-state index contributed by atoms with van der Waals surface area (Å²) in [6, 6.07) is 21.3. The molecular weight excluding hydrogens is 412 g/mol. The number of amides is 1. The number of hydrogen-bond acceptors (Lipinski definition) is 5. The molecule has 1 saturated heterocycles. The van der Waals surface area contributed by atoms with Gasteiger partial charge in [0.15, 0.2) is 5.82 Å². The minimum absolute atomic E-state index is 0.0856. The predicted molar refractivity (Wildman–Crippen MR) is 119 cm³/mol. The van der Waals surface area contributed by atoms with Gasteiger partial charge in [-0.15, -0.1) is 5.10 Å². The Hall–Kier alpha value is -3.29. The number of halogens is 1. The monoisotopic (exact) mass is 432 g/mol. The van der Waals surface area contributed by atoms with Gasteiger partial charge in [0.1, 0.15) is 0 Å². The fourth-order valence-corrected chi connectivity index (χ4v) is 4.10. The Morgan fingerprint density at radius 3 is 2.45 bits per heavy atom. The van der Waals surface area contributed by atoms with Crippen molar-refractivity contribution in [2.24, 2.45) is 0 Å². The predicted octanol–water partition coefficient (Wildman–Crippen LogP) is 3.43. The molecule has 0 bridgehead atoms. The van der Waals surface area contributed by atoms with Gasteiger partial charge in [0.25, 0.3) is 5.91 Å². The number of nitrogens with zero attached hydrogens (tertiary/aromatic N) is 6. The number of hydrogen-bond donors (Lipinski definition) is 0. The number of rotatable bonds is 4. The van der Waals surface area contributed by atoms with Gasteiger partial charge >= 0.3 is 0 Å². The normalized spacial score (nSPS) is 14.8. The Balaban J connectivity index is 1.26. The minimum atomic E-state index is 0.0856. The average Bonchev–Trinajstić information content (AvgIpc) is 3.27. The SMILES string of the molecule is O=C(c1cccc2ccccc12)N1CCN(Cc2nnnn2-c2ccc(Cl)cc2)CC1. The summed E-state index contributed by atoms with van der Waals surface area (Å²) in [5.41, 5.74) is 1.63. The zero-order chi connectivity index (χ0) is 21.2. The van der Waals surface area contributed by atoms with Gasteiger partial charge in [0.05, 0.1) is 12.2 Å². The van der Waals surface area contributed by atoms with Crippen LogP contribution in [0.1, 0.15) is 16.2 Å². The summed E-state index contributed by atoms with van der Waals surface area (Å²) in [5, 5.41) is 14.9. The molecule has 0 aliphatic carbocycles. The van der Waals surface area contributed by atoms with Crippen LogP contribution in [-0.4, -0.2) is 62.1 Å². The summed E-state index contributed by atoms with van der Waals surface area (Å²) >= 11 is 5.98. The quantitative estimate of drug-likeness (QED) is 0.494. The largest absolute Gasteiger partial charge is 0.336 e. The number of aromatic nitrogens is 4. The minimum Gasteiger partial charge on any atom is -0.336 e. The number of benzene rings is 3. The molecule has 31 heavy (non-hydrogen) atoms. The van der Waals surface area contributed by atoms with Gasteiger partial charge < -0.3 is 4.90 Å². The van der Waals surface area contributed by atoms with Gasteiger partial charge in [0.2, 0.25) is 0 Å². The van der Waals surface area contributed by atoms with Crippen LogP contribution in [0.5, 0.6) is 0 Å². The molecule has 1 aliphatic heterocycles. The second-order valence-corrected chi connectivity index (χ2v) is 8.01. The third-order valence-electron chi connectivity index (χ3n) is 5.65. The highest BCUT2D eigenvalue weighted by Crippen LogP contribution is 2.21. The summed E-state index contributed by atoms with van der Waals surface area (Å²) in [7, 11) is 0. The third-order valence-corrected chi connectivity index (χ3v) is 5.90. The molecule has 7 nitrogen and oxygen atoms in total. The van der Waals surface area contributed by atoms with Crippen molar-refractivity contribution in [3.05, 3.63) is 83.1 Å². The molecule has 0 spiro atoms. The van der Waals surface area contributed by atoms with Crippen LogP contribution in [0.15, 0.2) is 66.7 Å². The van der Waals surface area contributed by atoms with E-state index >= 15 is 0 Å². The lowest BCUT2D eigenvalue weighted by atomic mass is 10.0. The lowest BCUT2D eigenvalue weighted by molar-refractivity contribution is 0.0626. The Morgan fingerprint density at radius 1 is 0.903 bits per heavy atom. The lowest BCUT2D eigenvalue weighted by Gasteiger charge is -2.34. The van der Waals surface area contributed by atoms with Crippen LogP contribution in [0.2, 0.25) is 5.02 Å². The summed E-state index contributed by atoms with van der Waals surface area (Å²) < 4.78 is 1.73. The van der Waals surface area contributed by atoms with Crippen molar-refractivity contribution in [2.75, 3.05) is 26.2 Å². The summed E-state index contributed by atoms with van der Waals surface area (Å²) in [6.07, 6.45) is 0. The zero-order valence-corrected chi connectivity index (χ0v) is 17.6. The van der Waals surface area contributed by atoms with E-state index in [0.29, 0.717) is 24.7 Å². The van der Waals surface area contributed by atoms with Crippen LogP contribution in [-0.2, 0) is 6.54 Å². The van der Waals surface area contributed by atoms with Gasteiger partial charge in [-0.2, -0.15) is 4.68 Å². The van der Waals surface area contributed by atoms with Gasteiger partial charge in [-0.1, -0.05) is 48.0 Å². The molecule has 2 heterocycles. The Labute approximate surface area is 184 Å². The van der Waals surface area contributed by atoms with Crippen LogP contribution >= 0.6 is 11.6 Å². The van der Waals surface area contributed by atoms with Crippen molar-refractivity contribution in [3.8, 4) is 5.69 Å². The van der Waals surface area contributed by atoms with E-state index in [4.69, 9.17) is 11.6 Å². The van der Waals surface area contributed by atoms with Crippen LogP contribution < -0.4 is 0 Å². The number of carbonyl (C=O) groups excluding carboxylic acids is 1. The van der Waals surface area contributed by atoms with Gasteiger partial charge in [-0.05, 0) is 51.5 Å². The first kappa shape index (κ1) is 19.7. The average molecular weight is 433 g/mol. The first-order valence-corrected chi connectivity index (χ1v) is 10.6. The first-order chi connectivity index (χ1) is 15.2. The highest BCUT2D eigenvalue weighted by Gasteiger charge is 2.24. The van der Waals surface area contributed by atoms with Crippen molar-refractivity contribution < 1.29 is 4.79 Å². The van der Waals surface area contributed by atoms with Gasteiger partial charge in [0, 0.05) is 36.8 Å². The van der Waals surface area contributed by atoms with Gasteiger partial charge in [-0.25, -0.2) is 0 Å². The molecule has 0 unspecified atom stereocenters. The standard InChI is InChI=1S/C23H21ClN6O/c24-18-8-10-19(11-9-18)30-22(25-26-27-30)16-28-12-14-29(15-13-28)23(31)21-7-3-5-17-4-1-2-6-20(17)21/h1-11H,12-16H2. The third kappa shape index (κ3) is 4.02.